The molecule has 0 unspecified atom stereocenters. The van der Waals surface area contributed by atoms with Crippen molar-refractivity contribution in [1.82, 2.24) is 14.8 Å². The van der Waals surface area contributed by atoms with Crippen molar-refractivity contribution in [1.29, 1.82) is 0 Å². The first-order valence-corrected chi connectivity index (χ1v) is 8.59. The molecule has 2 heterocycles. The van der Waals surface area contributed by atoms with Crippen LogP contribution in [-0.4, -0.2) is 20.7 Å². The van der Waals surface area contributed by atoms with E-state index in [0.29, 0.717) is 11.6 Å². The second-order valence-electron chi connectivity index (χ2n) is 5.80. The highest BCUT2D eigenvalue weighted by molar-refractivity contribution is 7.19. The van der Waals surface area contributed by atoms with Crippen LogP contribution in [0.15, 0.2) is 30.3 Å². The molecule has 5 nitrogen and oxygen atoms in total. The summed E-state index contributed by atoms with van der Waals surface area (Å²) in [5, 5.41) is 7.90. The zero-order valence-electron chi connectivity index (χ0n) is 14.3. The van der Waals surface area contributed by atoms with Gasteiger partial charge in [-0.15, -0.1) is 0 Å². The first-order chi connectivity index (χ1) is 11.5. The number of carbonyl (C=O) groups is 1. The maximum absolute atomic E-state index is 12.4. The Labute approximate surface area is 145 Å². The molecule has 0 aliphatic rings. The largest absolute Gasteiger partial charge is 0.302 e. The maximum atomic E-state index is 12.4. The first kappa shape index (κ1) is 16.4. The highest BCUT2D eigenvalue weighted by Crippen LogP contribution is 2.32. The molecule has 0 saturated carbocycles. The Balaban J connectivity index is 1.76. The lowest BCUT2D eigenvalue weighted by Gasteiger charge is -2.02. The van der Waals surface area contributed by atoms with Gasteiger partial charge in [0.15, 0.2) is 5.13 Å². The molecule has 0 spiro atoms. The fraction of sp³-hybridized carbons (Fsp3) is 0.278. The van der Waals surface area contributed by atoms with E-state index >= 15 is 0 Å². The van der Waals surface area contributed by atoms with E-state index in [-0.39, 0.29) is 5.91 Å². The SMILES string of the molecule is Cc1nc(NC(=O)Cc2c(C)nn(C)c2C)sc1-c1ccccc1. The van der Waals surface area contributed by atoms with Crippen molar-refractivity contribution >= 4 is 22.4 Å². The Morgan fingerprint density at radius 1 is 1.17 bits per heavy atom. The summed E-state index contributed by atoms with van der Waals surface area (Å²) in [5.41, 5.74) is 4.93. The van der Waals surface area contributed by atoms with E-state index in [2.05, 4.69) is 27.5 Å². The van der Waals surface area contributed by atoms with Gasteiger partial charge in [-0.2, -0.15) is 5.10 Å². The second-order valence-corrected chi connectivity index (χ2v) is 6.80. The molecule has 1 aromatic carbocycles. The highest BCUT2D eigenvalue weighted by Gasteiger charge is 2.16. The number of thiazole rings is 1. The van der Waals surface area contributed by atoms with Gasteiger partial charge in [-0.1, -0.05) is 41.7 Å². The third-order valence-electron chi connectivity index (χ3n) is 4.08. The molecule has 1 N–H and O–H groups in total. The van der Waals surface area contributed by atoms with Crippen LogP contribution in [-0.2, 0) is 18.3 Å². The molecule has 0 fully saturated rings. The molecule has 3 aromatic rings. The predicted molar refractivity (Wildman–Crippen MR) is 97.3 cm³/mol. The molecule has 6 heteroatoms. The van der Waals surface area contributed by atoms with Gasteiger partial charge in [0.1, 0.15) is 0 Å². The fourth-order valence-electron chi connectivity index (χ4n) is 2.70. The van der Waals surface area contributed by atoms with E-state index in [1.54, 1.807) is 4.68 Å². The Morgan fingerprint density at radius 3 is 2.50 bits per heavy atom. The molecule has 3 rings (SSSR count). The number of hydrogen-bond donors (Lipinski definition) is 1. The van der Waals surface area contributed by atoms with Gasteiger partial charge >= 0.3 is 0 Å². The number of aryl methyl sites for hydroxylation is 3. The van der Waals surface area contributed by atoms with Gasteiger partial charge in [0.2, 0.25) is 5.91 Å². The summed E-state index contributed by atoms with van der Waals surface area (Å²) < 4.78 is 1.80. The van der Waals surface area contributed by atoms with Crippen LogP contribution in [0.2, 0.25) is 0 Å². The van der Waals surface area contributed by atoms with Gasteiger partial charge in [-0.05, 0) is 26.3 Å². The lowest BCUT2D eigenvalue weighted by Crippen LogP contribution is -2.15. The molecule has 0 saturated heterocycles. The third kappa shape index (κ3) is 3.23. The average molecular weight is 340 g/mol. The fourth-order valence-corrected chi connectivity index (χ4v) is 3.69. The van der Waals surface area contributed by atoms with Crippen LogP contribution < -0.4 is 5.32 Å². The van der Waals surface area contributed by atoms with E-state index < -0.39 is 0 Å². The van der Waals surface area contributed by atoms with Crippen molar-refractivity contribution in [3.05, 3.63) is 53.0 Å². The van der Waals surface area contributed by atoms with Gasteiger partial charge in [0.05, 0.1) is 22.7 Å². The number of carbonyl (C=O) groups excluding carboxylic acids is 1. The van der Waals surface area contributed by atoms with Gasteiger partial charge < -0.3 is 5.32 Å². The third-order valence-corrected chi connectivity index (χ3v) is 5.20. The number of benzene rings is 1. The molecule has 124 valence electrons. The maximum Gasteiger partial charge on any atom is 0.230 e. The summed E-state index contributed by atoms with van der Waals surface area (Å²) in [5.74, 6) is -0.0671. The number of hydrogen-bond acceptors (Lipinski definition) is 4. The normalized spacial score (nSPS) is 10.8. The van der Waals surface area contributed by atoms with Crippen LogP contribution in [0.25, 0.3) is 10.4 Å². The first-order valence-electron chi connectivity index (χ1n) is 7.77. The van der Waals surface area contributed by atoms with Crippen molar-refractivity contribution in [3.8, 4) is 10.4 Å². The lowest BCUT2D eigenvalue weighted by molar-refractivity contribution is -0.115. The average Bonchev–Trinajstić information content (AvgIpc) is 3.02. The van der Waals surface area contributed by atoms with E-state index in [0.717, 1.165) is 33.1 Å². The second kappa shape index (κ2) is 6.57. The summed E-state index contributed by atoms with van der Waals surface area (Å²) >= 11 is 1.50. The molecular weight excluding hydrogens is 320 g/mol. The molecule has 0 bridgehead atoms. The van der Waals surface area contributed by atoms with Crippen LogP contribution in [0, 0.1) is 20.8 Å². The van der Waals surface area contributed by atoms with Crippen LogP contribution in [0.5, 0.6) is 0 Å². The number of nitrogens with one attached hydrogen (secondary N) is 1. The molecule has 24 heavy (non-hydrogen) atoms. The minimum absolute atomic E-state index is 0.0671. The number of anilines is 1. The van der Waals surface area contributed by atoms with Crippen molar-refractivity contribution in [2.75, 3.05) is 5.32 Å². The molecule has 0 atom stereocenters. The topological polar surface area (TPSA) is 59.8 Å². The Morgan fingerprint density at radius 2 is 1.88 bits per heavy atom. The van der Waals surface area contributed by atoms with Gasteiger partial charge in [-0.25, -0.2) is 4.98 Å². The molecular formula is C18H20N4OS. The van der Waals surface area contributed by atoms with Crippen molar-refractivity contribution in [2.45, 2.75) is 27.2 Å². The Kier molecular flexibility index (Phi) is 4.49. The number of aromatic nitrogens is 3. The summed E-state index contributed by atoms with van der Waals surface area (Å²) in [6.45, 7) is 5.87. The van der Waals surface area contributed by atoms with Crippen molar-refractivity contribution in [2.24, 2.45) is 7.05 Å². The minimum atomic E-state index is -0.0671. The van der Waals surface area contributed by atoms with Gasteiger partial charge in [-0.3, -0.25) is 9.48 Å². The van der Waals surface area contributed by atoms with Crippen molar-refractivity contribution < 1.29 is 4.79 Å². The molecule has 2 aromatic heterocycles. The van der Waals surface area contributed by atoms with Crippen LogP contribution in [0.3, 0.4) is 0 Å². The van der Waals surface area contributed by atoms with E-state index in [9.17, 15) is 4.79 Å². The zero-order chi connectivity index (χ0) is 17.3. The van der Waals surface area contributed by atoms with Crippen LogP contribution in [0.4, 0.5) is 5.13 Å². The van der Waals surface area contributed by atoms with E-state index in [1.165, 1.54) is 11.3 Å². The smallest absolute Gasteiger partial charge is 0.230 e. The Bertz CT molecular complexity index is 880. The van der Waals surface area contributed by atoms with Gasteiger partial charge in [0.25, 0.3) is 0 Å². The summed E-state index contributed by atoms with van der Waals surface area (Å²) in [6, 6.07) is 10.1. The summed E-state index contributed by atoms with van der Waals surface area (Å²) in [4.78, 5) is 17.9. The molecule has 1 amide bonds. The van der Waals surface area contributed by atoms with Gasteiger partial charge in [0, 0.05) is 18.3 Å². The quantitative estimate of drug-likeness (QED) is 0.788. The van der Waals surface area contributed by atoms with Crippen LogP contribution in [0.1, 0.15) is 22.6 Å². The molecule has 0 radical (unpaired) electrons. The monoisotopic (exact) mass is 340 g/mol. The van der Waals surface area contributed by atoms with E-state index in [1.807, 2.05) is 46.0 Å². The summed E-state index contributed by atoms with van der Waals surface area (Å²) in [6.07, 6.45) is 0.310. The number of amides is 1. The standard InChI is InChI=1S/C18H20N4OS/c1-11-15(13(3)22(4)21-11)10-16(23)20-18-19-12(2)17(24-18)14-8-6-5-7-9-14/h5-9H,10H2,1-4H3,(H,19,20,23). The van der Waals surface area contributed by atoms with Crippen LogP contribution >= 0.6 is 11.3 Å². The number of rotatable bonds is 4. The summed E-state index contributed by atoms with van der Waals surface area (Å²) in [7, 11) is 1.89. The minimum Gasteiger partial charge on any atom is -0.302 e. The molecule has 0 aliphatic carbocycles. The van der Waals surface area contributed by atoms with E-state index in [4.69, 9.17) is 0 Å². The zero-order valence-corrected chi connectivity index (χ0v) is 15.1. The number of nitrogens with zero attached hydrogens (tertiary/aromatic N) is 3. The Hall–Kier alpha value is -2.47. The molecule has 0 aliphatic heterocycles. The van der Waals surface area contributed by atoms with Crippen molar-refractivity contribution in [3.63, 3.8) is 0 Å². The lowest BCUT2D eigenvalue weighted by atomic mass is 10.1. The highest BCUT2D eigenvalue weighted by atomic mass is 32.1. The predicted octanol–water partition coefficient (Wildman–Crippen LogP) is 3.65.